The van der Waals surface area contributed by atoms with Crippen molar-refractivity contribution in [3.05, 3.63) is 16.0 Å². The lowest BCUT2D eigenvalue weighted by Gasteiger charge is -2.23. The molecule has 1 aromatic rings. The highest BCUT2D eigenvalue weighted by molar-refractivity contribution is 7.17. The molecule has 0 saturated heterocycles. The zero-order chi connectivity index (χ0) is 15.0. The van der Waals surface area contributed by atoms with Gasteiger partial charge >= 0.3 is 0 Å². The molecule has 2 amide bonds. The Bertz CT molecular complexity index is 575. The molecule has 4 nitrogen and oxygen atoms in total. The highest BCUT2D eigenvalue weighted by Gasteiger charge is 2.30. The Labute approximate surface area is 129 Å². The first-order valence-corrected chi connectivity index (χ1v) is 8.67. The van der Waals surface area contributed by atoms with E-state index in [1.807, 2.05) is 0 Å². The van der Waals surface area contributed by atoms with Gasteiger partial charge in [-0.1, -0.05) is 19.8 Å². The Morgan fingerprint density at radius 3 is 2.67 bits per heavy atom. The minimum absolute atomic E-state index is 0.0504. The summed E-state index contributed by atoms with van der Waals surface area (Å²) in [6.07, 6.45) is 7.23. The van der Waals surface area contributed by atoms with Crippen LogP contribution in [0.4, 0.5) is 5.00 Å². The van der Waals surface area contributed by atoms with Crippen LogP contribution in [0.15, 0.2) is 0 Å². The van der Waals surface area contributed by atoms with E-state index in [-0.39, 0.29) is 11.8 Å². The zero-order valence-electron chi connectivity index (χ0n) is 12.4. The lowest BCUT2D eigenvalue weighted by molar-refractivity contribution is -0.122. The molecule has 1 saturated carbocycles. The third-order valence-electron chi connectivity index (χ3n) is 4.90. The molecule has 3 rings (SSSR count). The molecule has 0 spiro atoms. The molecule has 0 bridgehead atoms. The molecule has 1 unspecified atom stereocenters. The van der Waals surface area contributed by atoms with E-state index < -0.39 is 5.91 Å². The Morgan fingerprint density at radius 1 is 1.33 bits per heavy atom. The normalized spacial score (nSPS) is 21.5. The van der Waals surface area contributed by atoms with Crippen LogP contribution < -0.4 is 11.1 Å². The number of hydrogen-bond acceptors (Lipinski definition) is 3. The van der Waals surface area contributed by atoms with Crippen LogP contribution in [0.2, 0.25) is 0 Å². The van der Waals surface area contributed by atoms with Crippen molar-refractivity contribution in [2.75, 3.05) is 5.32 Å². The van der Waals surface area contributed by atoms with Gasteiger partial charge in [-0.05, 0) is 43.6 Å². The van der Waals surface area contributed by atoms with Gasteiger partial charge in [-0.15, -0.1) is 11.3 Å². The van der Waals surface area contributed by atoms with Gasteiger partial charge in [0.25, 0.3) is 5.91 Å². The molecule has 0 aliphatic heterocycles. The molecule has 3 N–H and O–H groups in total. The van der Waals surface area contributed by atoms with E-state index in [9.17, 15) is 9.59 Å². The molecule has 5 heteroatoms. The van der Waals surface area contributed by atoms with Crippen molar-refractivity contribution in [1.82, 2.24) is 0 Å². The Morgan fingerprint density at radius 2 is 2.10 bits per heavy atom. The first-order valence-electron chi connectivity index (χ1n) is 7.85. The van der Waals surface area contributed by atoms with Gasteiger partial charge in [0.05, 0.1) is 5.56 Å². The largest absolute Gasteiger partial charge is 0.365 e. The fraction of sp³-hybridized carbons (Fsp3) is 0.625. The molecule has 2 aliphatic carbocycles. The van der Waals surface area contributed by atoms with E-state index in [0.29, 0.717) is 16.5 Å². The first-order chi connectivity index (χ1) is 10.1. The highest BCUT2D eigenvalue weighted by Crippen LogP contribution is 2.40. The van der Waals surface area contributed by atoms with Gasteiger partial charge in [0.15, 0.2) is 0 Å². The zero-order valence-corrected chi connectivity index (χ0v) is 13.2. The average Bonchev–Trinajstić information content (AvgIpc) is 2.72. The third kappa shape index (κ3) is 2.71. The predicted molar refractivity (Wildman–Crippen MR) is 84.6 cm³/mol. The number of nitrogens with one attached hydrogen (secondary N) is 1. The van der Waals surface area contributed by atoms with Gasteiger partial charge in [0, 0.05) is 10.8 Å². The number of anilines is 1. The maximum atomic E-state index is 12.1. The maximum absolute atomic E-state index is 12.1. The van der Waals surface area contributed by atoms with Gasteiger partial charge in [0.2, 0.25) is 5.91 Å². The van der Waals surface area contributed by atoms with Crippen LogP contribution in [0, 0.1) is 11.8 Å². The molecule has 2 aliphatic rings. The quantitative estimate of drug-likeness (QED) is 0.897. The first kappa shape index (κ1) is 14.6. The molecule has 114 valence electrons. The molecule has 0 aromatic carbocycles. The standard InChI is InChI=1S/C16H22N2O2S/c1-2-9-6-7-11-12(8-9)21-16(13(11)14(17)19)18-15(20)10-4-3-5-10/h9-10H,2-8H2,1H3,(H2,17,19)(H,18,20). The molecule has 1 aromatic heterocycles. The van der Waals surface area contributed by atoms with Crippen LogP contribution >= 0.6 is 11.3 Å². The Kier molecular flexibility index (Phi) is 4.02. The third-order valence-corrected chi connectivity index (χ3v) is 6.07. The number of amides is 2. The monoisotopic (exact) mass is 306 g/mol. The number of nitrogens with two attached hydrogens (primary N) is 1. The summed E-state index contributed by atoms with van der Waals surface area (Å²) in [5, 5.41) is 3.64. The summed E-state index contributed by atoms with van der Waals surface area (Å²) in [5.41, 5.74) is 7.22. The second-order valence-electron chi connectivity index (χ2n) is 6.21. The Hall–Kier alpha value is -1.36. The van der Waals surface area contributed by atoms with Crippen molar-refractivity contribution in [3.8, 4) is 0 Å². The highest BCUT2D eigenvalue weighted by atomic mass is 32.1. The molecule has 1 heterocycles. The van der Waals surface area contributed by atoms with Crippen molar-refractivity contribution < 1.29 is 9.59 Å². The molecule has 1 atom stereocenters. The van der Waals surface area contributed by atoms with Crippen LogP contribution in [0.5, 0.6) is 0 Å². The topological polar surface area (TPSA) is 72.2 Å². The van der Waals surface area contributed by atoms with E-state index in [0.717, 1.165) is 50.5 Å². The van der Waals surface area contributed by atoms with Crippen LogP contribution in [-0.4, -0.2) is 11.8 Å². The van der Waals surface area contributed by atoms with Gasteiger partial charge in [0.1, 0.15) is 5.00 Å². The smallest absolute Gasteiger partial charge is 0.251 e. The number of fused-ring (bicyclic) bond motifs is 1. The van der Waals surface area contributed by atoms with Crippen LogP contribution in [0.1, 0.15) is 59.8 Å². The number of carbonyl (C=O) groups is 2. The molecule has 0 radical (unpaired) electrons. The number of carbonyl (C=O) groups excluding carboxylic acids is 2. The van der Waals surface area contributed by atoms with E-state index in [1.54, 1.807) is 11.3 Å². The van der Waals surface area contributed by atoms with Gasteiger partial charge in [-0.25, -0.2) is 0 Å². The summed E-state index contributed by atoms with van der Waals surface area (Å²) in [4.78, 5) is 25.2. The van der Waals surface area contributed by atoms with E-state index >= 15 is 0 Å². The maximum Gasteiger partial charge on any atom is 0.251 e. The molecular weight excluding hydrogens is 284 g/mol. The SMILES string of the molecule is CCC1CCc2c(sc(NC(=O)C3CCC3)c2C(N)=O)C1. The van der Waals surface area contributed by atoms with Crippen LogP contribution in [-0.2, 0) is 17.6 Å². The second-order valence-corrected chi connectivity index (χ2v) is 7.31. The lowest BCUT2D eigenvalue weighted by Crippen LogP contribution is -2.28. The van der Waals surface area contributed by atoms with Crippen molar-refractivity contribution in [1.29, 1.82) is 0 Å². The summed E-state index contributed by atoms with van der Waals surface area (Å²) in [6.45, 7) is 2.21. The number of thiophene rings is 1. The average molecular weight is 306 g/mol. The second kappa shape index (κ2) is 5.79. The van der Waals surface area contributed by atoms with E-state index in [4.69, 9.17) is 5.73 Å². The van der Waals surface area contributed by atoms with Gasteiger partial charge in [-0.3, -0.25) is 9.59 Å². The summed E-state index contributed by atoms with van der Waals surface area (Å²) in [6, 6.07) is 0. The molecule has 1 fully saturated rings. The van der Waals surface area contributed by atoms with E-state index in [2.05, 4.69) is 12.2 Å². The number of primary amides is 1. The van der Waals surface area contributed by atoms with Crippen molar-refractivity contribution in [2.45, 2.75) is 51.9 Å². The van der Waals surface area contributed by atoms with Crippen molar-refractivity contribution in [3.63, 3.8) is 0 Å². The predicted octanol–water partition coefficient (Wildman–Crippen LogP) is 3.10. The van der Waals surface area contributed by atoms with Crippen molar-refractivity contribution in [2.24, 2.45) is 17.6 Å². The summed E-state index contributed by atoms with van der Waals surface area (Å²) >= 11 is 1.56. The minimum Gasteiger partial charge on any atom is -0.365 e. The summed E-state index contributed by atoms with van der Waals surface area (Å²) in [5.74, 6) is 0.445. The van der Waals surface area contributed by atoms with Crippen LogP contribution in [0.25, 0.3) is 0 Å². The lowest BCUT2D eigenvalue weighted by atomic mass is 9.84. The van der Waals surface area contributed by atoms with Gasteiger partial charge in [-0.2, -0.15) is 0 Å². The minimum atomic E-state index is -0.411. The molecule has 21 heavy (non-hydrogen) atoms. The fourth-order valence-corrected chi connectivity index (χ4v) is 4.61. The Balaban J connectivity index is 1.87. The summed E-state index contributed by atoms with van der Waals surface area (Å²) < 4.78 is 0. The fourth-order valence-electron chi connectivity index (χ4n) is 3.24. The summed E-state index contributed by atoms with van der Waals surface area (Å²) in [7, 11) is 0. The number of rotatable bonds is 4. The van der Waals surface area contributed by atoms with Crippen LogP contribution in [0.3, 0.4) is 0 Å². The van der Waals surface area contributed by atoms with Crippen molar-refractivity contribution >= 4 is 28.2 Å². The number of hydrogen-bond donors (Lipinski definition) is 2. The van der Waals surface area contributed by atoms with E-state index in [1.165, 1.54) is 4.88 Å². The molecular formula is C16H22N2O2S. The van der Waals surface area contributed by atoms with Gasteiger partial charge < -0.3 is 11.1 Å².